The summed E-state index contributed by atoms with van der Waals surface area (Å²) in [5, 5.41) is 23.5. The van der Waals surface area contributed by atoms with Crippen molar-refractivity contribution in [2.45, 2.75) is 12.8 Å². The zero-order valence-corrected chi connectivity index (χ0v) is 11.9. The molecule has 0 bridgehead atoms. The van der Waals surface area contributed by atoms with E-state index >= 15 is 0 Å². The van der Waals surface area contributed by atoms with Crippen molar-refractivity contribution in [3.8, 4) is 28.5 Å². The van der Waals surface area contributed by atoms with Crippen molar-refractivity contribution in [3.63, 3.8) is 0 Å². The van der Waals surface area contributed by atoms with E-state index in [2.05, 4.69) is 5.10 Å². The predicted molar refractivity (Wildman–Crippen MR) is 75.7 cm³/mol. The number of aromatic carboxylic acids is 1. The van der Waals surface area contributed by atoms with Gasteiger partial charge in [0.25, 0.3) is 0 Å². The highest BCUT2D eigenvalue weighted by atomic mass is 16.5. The maximum absolute atomic E-state index is 11.1. The molecule has 3 heterocycles. The van der Waals surface area contributed by atoms with Crippen LogP contribution in [0.15, 0.2) is 6.07 Å². The number of benzene rings is 1. The third-order valence-corrected chi connectivity index (χ3v) is 4.13. The van der Waals surface area contributed by atoms with Gasteiger partial charge < -0.3 is 19.7 Å². The second kappa shape index (κ2) is 4.40. The average Bonchev–Trinajstić information content (AvgIpc) is 3.19. The molecule has 7 nitrogen and oxygen atoms in total. The van der Waals surface area contributed by atoms with Crippen LogP contribution in [0.5, 0.6) is 17.2 Å². The lowest BCUT2D eigenvalue weighted by molar-refractivity contribution is 0.0689. The summed E-state index contributed by atoms with van der Waals surface area (Å²) in [6.45, 7) is 0.977. The van der Waals surface area contributed by atoms with Crippen molar-refractivity contribution in [1.82, 2.24) is 9.78 Å². The van der Waals surface area contributed by atoms with Gasteiger partial charge >= 0.3 is 5.97 Å². The standard InChI is InChI=1S/C15H14N2O5/c1-17-10(6-9(16-17)15(19)20)11-7-2-4-22-14(7)12(18)8-3-5-21-13(8)11/h6,18H,2-5H2,1H3,(H,19,20). The maximum Gasteiger partial charge on any atom is 0.356 e. The van der Waals surface area contributed by atoms with Crippen LogP contribution in [0.2, 0.25) is 0 Å². The Morgan fingerprint density at radius 2 is 1.91 bits per heavy atom. The second-order valence-corrected chi connectivity index (χ2v) is 5.38. The molecule has 7 heteroatoms. The minimum absolute atomic E-state index is 0.0232. The number of carboxylic acid groups (broad SMARTS) is 1. The molecule has 0 atom stereocenters. The van der Waals surface area contributed by atoms with E-state index in [0.29, 0.717) is 48.8 Å². The predicted octanol–water partition coefficient (Wildman–Crippen LogP) is 1.36. The monoisotopic (exact) mass is 302 g/mol. The molecule has 0 saturated carbocycles. The Morgan fingerprint density at radius 1 is 1.23 bits per heavy atom. The summed E-state index contributed by atoms with van der Waals surface area (Å²) in [6.07, 6.45) is 1.25. The third-order valence-electron chi connectivity index (χ3n) is 4.13. The highest BCUT2D eigenvalue weighted by molar-refractivity contribution is 5.89. The van der Waals surface area contributed by atoms with E-state index < -0.39 is 5.97 Å². The van der Waals surface area contributed by atoms with Gasteiger partial charge in [0.15, 0.2) is 17.2 Å². The number of phenols is 1. The van der Waals surface area contributed by atoms with E-state index in [1.807, 2.05) is 0 Å². The topological polar surface area (TPSA) is 93.8 Å². The molecule has 0 radical (unpaired) electrons. The van der Waals surface area contributed by atoms with E-state index in [0.717, 1.165) is 11.1 Å². The van der Waals surface area contributed by atoms with E-state index in [4.69, 9.17) is 14.6 Å². The Kier molecular flexibility index (Phi) is 2.60. The number of ether oxygens (including phenoxy) is 2. The molecular weight excluding hydrogens is 288 g/mol. The average molecular weight is 302 g/mol. The van der Waals surface area contributed by atoms with E-state index in [9.17, 15) is 9.90 Å². The Morgan fingerprint density at radius 3 is 2.59 bits per heavy atom. The summed E-state index contributed by atoms with van der Waals surface area (Å²) < 4.78 is 12.8. The van der Waals surface area contributed by atoms with Crippen molar-refractivity contribution in [3.05, 3.63) is 22.9 Å². The van der Waals surface area contributed by atoms with Crippen LogP contribution in [0.1, 0.15) is 21.6 Å². The molecule has 0 saturated heterocycles. The summed E-state index contributed by atoms with van der Waals surface area (Å²) in [5.74, 6) is 0.162. The number of rotatable bonds is 2. The number of fused-ring (bicyclic) bond motifs is 2. The first kappa shape index (κ1) is 13.0. The second-order valence-electron chi connectivity index (χ2n) is 5.38. The van der Waals surface area contributed by atoms with Crippen molar-refractivity contribution >= 4 is 5.97 Å². The van der Waals surface area contributed by atoms with E-state index in [1.54, 1.807) is 7.05 Å². The molecule has 2 N–H and O–H groups in total. The van der Waals surface area contributed by atoms with Gasteiger partial charge in [0.2, 0.25) is 0 Å². The van der Waals surface area contributed by atoms with Gasteiger partial charge in [0.1, 0.15) is 5.75 Å². The SMILES string of the molecule is Cn1nc(C(=O)O)cc1-c1c2c(c(O)c3c1OCC3)OCC2. The Hall–Kier alpha value is -2.70. The summed E-state index contributed by atoms with van der Waals surface area (Å²) in [5.41, 5.74) is 2.97. The molecule has 4 rings (SSSR count). The highest BCUT2D eigenvalue weighted by Crippen LogP contribution is 2.52. The van der Waals surface area contributed by atoms with Gasteiger partial charge in [-0.05, 0) is 6.07 Å². The number of aryl methyl sites for hydroxylation is 1. The number of nitrogens with zero attached hydrogens (tertiary/aromatic N) is 2. The molecule has 1 aromatic heterocycles. The van der Waals surface area contributed by atoms with Crippen LogP contribution in [-0.2, 0) is 19.9 Å². The first-order valence-electron chi connectivity index (χ1n) is 7.02. The molecule has 1 aromatic carbocycles. The first-order chi connectivity index (χ1) is 10.6. The van der Waals surface area contributed by atoms with Gasteiger partial charge in [-0.15, -0.1) is 0 Å². The summed E-state index contributed by atoms with van der Waals surface area (Å²) >= 11 is 0. The lowest BCUT2D eigenvalue weighted by Crippen LogP contribution is -2.00. The normalized spacial score (nSPS) is 15.1. The number of aromatic nitrogens is 2. The van der Waals surface area contributed by atoms with Gasteiger partial charge in [-0.25, -0.2) is 4.79 Å². The number of carboxylic acids is 1. The van der Waals surface area contributed by atoms with Crippen LogP contribution in [-0.4, -0.2) is 39.2 Å². The number of hydrogen-bond acceptors (Lipinski definition) is 5. The molecule has 0 aliphatic carbocycles. The van der Waals surface area contributed by atoms with Crippen molar-refractivity contribution in [2.75, 3.05) is 13.2 Å². The fourth-order valence-electron chi connectivity index (χ4n) is 3.16. The third kappa shape index (κ3) is 1.62. The Labute approximate surface area is 125 Å². The van der Waals surface area contributed by atoms with Crippen molar-refractivity contribution < 1.29 is 24.5 Å². The van der Waals surface area contributed by atoms with E-state index in [1.165, 1.54) is 10.7 Å². The summed E-state index contributed by atoms with van der Waals surface area (Å²) in [7, 11) is 1.69. The number of carbonyl (C=O) groups is 1. The number of phenolic OH excluding ortho intramolecular Hbond substituents is 1. The van der Waals surface area contributed by atoms with Crippen molar-refractivity contribution in [2.24, 2.45) is 7.05 Å². The van der Waals surface area contributed by atoms with Gasteiger partial charge in [0, 0.05) is 36.6 Å². The smallest absolute Gasteiger partial charge is 0.356 e. The Balaban J connectivity index is 2.02. The van der Waals surface area contributed by atoms with Crippen molar-refractivity contribution in [1.29, 1.82) is 0 Å². The first-order valence-corrected chi connectivity index (χ1v) is 7.02. The summed E-state index contributed by atoms with van der Waals surface area (Å²) in [4.78, 5) is 11.1. The van der Waals surface area contributed by atoms with Crippen LogP contribution in [0, 0.1) is 0 Å². The highest BCUT2D eigenvalue weighted by Gasteiger charge is 2.33. The number of aromatic hydroxyl groups is 1. The zero-order valence-electron chi connectivity index (χ0n) is 11.9. The van der Waals surface area contributed by atoms with Crippen LogP contribution in [0.25, 0.3) is 11.3 Å². The van der Waals surface area contributed by atoms with Crippen LogP contribution in [0.3, 0.4) is 0 Å². The van der Waals surface area contributed by atoms with Gasteiger partial charge in [-0.2, -0.15) is 5.10 Å². The Bertz CT molecular complexity index is 774. The van der Waals surface area contributed by atoms with Crippen LogP contribution in [0.4, 0.5) is 0 Å². The fourth-order valence-corrected chi connectivity index (χ4v) is 3.16. The molecule has 2 aliphatic heterocycles. The van der Waals surface area contributed by atoms with Crippen LogP contribution >= 0.6 is 0 Å². The molecule has 22 heavy (non-hydrogen) atoms. The molecule has 2 aliphatic rings. The quantitative estimate of drug-likeness (QED) is 0.870. The fraction of sp³-hybridized carbons (Fsp3) is 0.333. The van der Waals surface area contributed by atoms with Gasteiger partial charge in [0.05, 0.1) is 18.9 Å². The number of hydrogen-bond donors (Lipinski definition) is 2. The molecule has 0 unspecified atom stereocenters. The zero-order chi connectivity index (χ0) is 15.4. The lowest BCUT2D eigenvalue weighted by Gasteiger charge is -2.14. The summed E-state index contributed by atoms with van der Waals surface area (Å²) in [6, 6.07) is 1.52. The minimum Gasteiger partial charge on any atom is -0.504 e. The lowest BCUT2D eigenvalue weighted by atomic mass is 9.96. The largest absolute Gasteiger partial charge is 0.504 e. The molecular formula is C15H14N2O5. The minimum atomic E-state index is -1.08. The van der Waals surface area contributed by atoms with E-state index in [-0.39, 0.29) is 11.4 Å². The molecule has 0 amide bonds. The molecule has 0 spiro atoms. The van der Waals surface area contributed by atoms with Gasteiger partial charge in [-0.3, -0.25) is 4.68 Å². The maximum atomic E-state index is 11.1. The molecule has 2 aromatic rings. The van der Waals surface area contributed by atoms with Gasteiger partial charge in [-0.1, -0.05) is 0 Å². The molecule has 0 fully saturated rings. The molecule has 114 valence electrons. The van der Waals surface area contributed by atoms with Crippen LogP contribution < -0.4 is 9.47 Å².